The molecule has 0 aliphatic heterocycles. The lowest BCUT2D eigenvalue weighted by Gasteiger charge is -2.07. The molecular weight excluding hydrogens is 346 g/mol. The smallest absolute Gasteiger partial charge is 0.340 e. The average Bonchev–Trinajstić information content (AvgIpc) is 2.55. The van der Waals surface area contributed by atoms with Crippen LogP contribution in [0.3, 0.4) is 0 Å². The van der Waals surface area contributed by atoms with Gasteiger partial charge in [0.15, 0.2) is 0 Å². The molecule has 0 bridgehead atoms. The summed E-state index contributed by atoms with van der Waals surface area (Å²) in [6.45, 7) is 1.85. The van der Waals surface area contributed by atoms with E-state index in [0.717, 1.165) is 28.5 Å². The molecule has 0 aliphatic rings. The third kappa shape index (κ3) is 3.69. The van der Waals surface area contributed by atoms with Crippen LogP contribution in [0.25, 0.3) is 10.6 Å². The first kappa shape index (κ1) is 16.4. The summed E-state index contributed by atoms with van der Waals surface area (Å²) in [7, 11) is -4.04. The molecule has 24 heavy (non-hydrogen) atoms. The third-order valence-electron chi connectivity index (χ3n) is 3.18. The SMILES string of the molecule is Cc1ccc(S(=O)(=O)Oc2cc(=O)sc(-c3ccccc3)n2)cc1. The van der Waals surface area contributed by atoms with E-state index in [1.54, 1.807) is 24.3 Å². The molecule has 1 heterocycles. The molecule has 0 spiro atoms. The number of nitrogens with zero attached hydrogens (tertiary/aromatic N) is 1. The van der Waals surface area contributed by atoms with Crippen LogP contribution < -0.4 is 8.93 Å². The molecule has 2 aromatic carbocycles. The van der Waals surface area contributed by atoms with Crippen LogP contribution in [-0.2, 0) is 10.1 Å². The minimum atomic E-state index is -4.04. The molecule has 3 aromatic rings. The Morgan fingerprint density at radius 3 is 2.33 bits per heavy atom. The first-order valence-electron chi connectivity index (χ1n) is 7.03. The summed E-state index contributed by atoms with van der Waals surface area (Å²) < 4.78 is 29.3. The molecule has 0 N–H and O–H groups in total. The van der Waals surface area contributed by atoms with Gasteiger partial charge in [0.1, 0.15) is 9.90 Å². The Hall–Kier alpha value is -2.51. The highest BCUT2D eigenvalue weighted by atomic mass is 32.2. The zero-order valence-electron chi connectivity index (χ0n) is 12.7. The number of aromatic nitrogens is 1. The Morgan fingerprint density at radius 2 is 1.67 bits per heavy atom. The molecule has 7 heteroatoms. The normalized spacial score (nSPS) is 11.2. The summed E-state index contributed by atoms with van der Waals surface area (Å²) in [6.07, 6.45) is 0. The van der Waals surface area contributed by atoms with Crippen LogP contribution in [0.4, 0.5) is 0 Å². The standard InChI is InChI=1S/C17H13NO4S2/c1-12-7-9-14(10-8-12)24(20,21)22-15-11-16(19)23-17(18-15)13-5-3-2-4-6-13/h2-11H,1H3. The summed E-state index contributed by atoms with van der Waals surface area (Å²) in [4.78, 5) is 16.0. The van der Waals surface area contributed by atoms with Crippen molar-refractivity contribution in [2.24, 2.45) is 0 Å². The number of hydrogen-bond donors (Lipinski definition) is 0. The van der Waals surface area contributed by atoms with Crippen LogP contribution in [0, 0.1) is 6.92 Å². The predicted octanol–water partition coefficient (Wildman–Crippen LogP) is 3.25. The van der Waals surface area contributed by atoms with Gasteiger partial charge in [0.25, 0.3) is 0 Å². The van der Waals surface area contributed by atoms with E-state index < -0.39 is 10.1 Å². The third-order valence-corrected chi connectivity index (χ3v) is 5.25. The van der Waals surface area contributed by atoms with Crippen molar-refractivity contribution in [1.82, 2.24) is 4.98 Å². The number of rotatable bonds is 4. The van der Waals surface area contributed by atoms with Crippen molar-refractivity contribution in [1.29, 1.82) is 0 Å². The molecule has 0 atom stereocenters. The quantitative estimate of drug-likeness (QED) is 0.669. The molecule has 0 unspecified atom stereocenters. The van der Waals surface area contributed by atoms with Crippen molar-refractivity contribution in [2.45, 2.75) is 11.8 Å². The second-order valence-electron chi connectivity index (χ2n) is 5.04. The van der Waals surface area contributed by atoms with Gasteiger partial charge in [-0.05, 0) is 19.1 Å². The highest BCUT2D eigenvalue weighted by Crippen LogP contribution is 2.23. The minimum absolute atomic E-state index is 0.0103. The van der Waals surface area contributed by atoms with Gasteiger partial charge in [0.05, 0.1) is 6.07 Å². The van der Waals surface area contributed by atoms with Crippen LogP contribution in [0.1, 0.15) is 5.56 Å². The van der Waals surface area contributed by atoms with Gasteiger partial charge in [-0.15, -0.1) is 0 Å². The summed E-state index contributed by atoms with van der Waals surface area (Å²) in [6, 6.07) is 16.4. The first-order chi connectivity index (χ1) is 11.4. The maximum absolute atomic E-state index is 12.3. The zero-order valence-corrected chi connectivity index (χ0v) is 14.3. The van der Waals surface area contributed by atoms with Gasteiger partial charge in [-0.2, -0.15) is 8.42 Å². The maximum atomic E-state index is 12.3. The maximum Gasteiger partial charge on any atom is 0.340 e. The molecule has 3 rings (SSSR count). The Kier molecular flexibility index (Phi) is 4.46. The van der Waals surface area contributed by atoms with E-state index in [2.05, 4.69) is 4.98 Å². The molecule has 5 nitrogen and oxygen atoms in total. The van der Waals surface area contributed by atoms with E-state index in [9.17, 15) is 13.2 Å². The second-order valence-corrected chi connectivity index (χ2v) is 7.58. The van der Waals surface area contributed by atoms with Crippen LogP contribution in [0.15, 0.2) is 70.4 Å². The van der Waals surface area contributed by atoms with Gasteiger partial charge >= 0.3 is 10.1 Å². The topological polar surface area (TPSA) is 73.3 Å². The fraction of sp³-hybridized carbons (Fsp3) is 0.0588. The van der Waals surface area contributed by atoms with Crippen LogP contribution in [0.5, 0.6) is 5.88 Å². The van der Waals surface area contributed by atoms with Crippen molar-refractivity contribution < 1.29 is 12.6 Å². The highest BCUT2D eigenvalue weighted by molar-refractivity contribution is 7.87. The molecule has 0 saturated carbocycles. The number of hydrogen-bond acceptors (Lipinski definition) is 6. The van der Waals surface area contributed by atoms with Gasteiger partial charge in [-0.25, -0.2) is 4.98 Å². The molecule has 0 fully saturated rings. The van der Waals surface area contributed by atoms with E-state index in [1.807, 2.05) is 25.1 Å². The Balaban J connectivity index is 1.97. The second kappa shape index (κ2) is 6.54. The van der Waals surface area contributed by atoms with Crippen LogP contribution in [0.2, 0.25) is 0 Å². The number of aryl methyl sites for hydroxylation is 1. The fourth-order valence-electron chi connectivity index (χ4n) is 1.99. The predicted molar refractivity (Wildman–Crippen MR) is 92.8 cm³/mol. The van der Waals surface area contributed by atoms with E-state index in [-0.39, 0.29) is 15.5 Å². The van der Waals surface area contributed by atoms with Gasteiger partial charge < -0.3 is 4.18 Å². The lowest BCUT2D eigenvalue weighted by Crippen LogP contribution is -2.12. The van der Waals surface area contributed by atoms with Crippen molar-refractivity contribution in [3.05, 3.63) is 75.8 Å². The van der Waals surface area contributed by atoms with E-state index >= 15 is 0 Å². The highest BCUT2D eigenvalue weighted by Gasteiger charge is 2.18. The summed E-state index contributed by atoms with van der Waals surface area (Å²) in [5, 5.41) is 0.400. The first-order valence-corrected chi connectivity index (χ1v) is 9.25. The molecule has 0 radical (unpaired) electrons. The van der Waals surface area contributed by atoms with Crippen molar-refractivity contribution in [3.63, 3.8) is 0 Å². The van der Waals surface area contributed by atoms with Gasteiger partial charge in [-0.3, -0.25) is 4.79 Å². The average molecular weight is 359 g/mol. The van der Waals surface area contributed by atoms with Crippen LogP contribution in [-0.4, -0.2) is 13.4 Å². The summed E-state index contributed by atoms with van der Waals surface area (Å²) in [5.74, 6) is -0.238. The lowest BCUT2D eigenvalue weighted by molar-refractivity contribution is 0.476. The zero-order chi connectivity index (χ0) is 17.2. The Bertz CT molecular complexity index is 1010. The van der Waals surface area contributed by atoms with Crippen molar-refractivity contribution in [2.75, 3.05) is 0 Å². The van der Waals surface area contributed by atoms with Crippen molar-refractivity contribution >= 4 is 21.5 Å². The van der Waals surface area contributed by atoms with E-state index in [1.165, 1.54) is 12.1 Å². The number of benzene rings is 2. The van der Waals surface area contributed by atoms with Gasteiger partial charge in [-0.1, -0.05) is 59.4 Å². The van der Waals surface area contributed by atoms with E-state index in [4.69, 9.17) is 4.18 Å². The van der Waals surface area contributed by atoms with Crippen molar-refractivity contribution in [3.8, 4) is 16.5 Å². The van der Waals surface area contributed by atoms with Gasteiger partial charge in [0.2, 0.25) is 10.6 Å². The largest absolute Gasteiger partial charge is 0.358 e. The molecular formula is C17H13NO4S2. The van der Waals surface area contributed by atoms with Gasteiger partial charge in [0, 0.05) is 5.56 Å². The Morgan fingerprint density at radius 1 is 1.00 bits per heavy atom. The monoisotopic (exact) mass is 359 g/mol. The molecule has 122 valence electrons. The summed E-state index contributed by atoms with van der Waals surface area (Å²) >= 11 is 0.927. The molecule has 0 amide bonds. The molecule has 1 aromatic heterocycles. The summed E-state index contributed by atoms with van der Waals surface area (Å²) in [5.41, 5.74) is 1.65. The lowest BCUT2D eigenvalue weighted by atomic mass is 10.2. The minimum Gasteiger partial charge on any atom is -0.358 e. The van der Waals surface area contributed by atoms with Crippen LogP contribution >= 0.6 is 11.3 Å². The molecule has 0 saturated heterocycles. The van der Waals surface area contributed by atoms with E-state index in [0.29, 0.717) is 5.01 Å². The fourth-order valence-corrected chi connectivity index (χ4v) is 3.61. The molecule has 0 aliphatic carbocycles. The Labute approximate surface area is 143 Å².